The molecule has 1 aliphatic heterocycles. The van der Waals surface area contributed by atoms with Crippen LogP contribution in [0.25, 0.3) is 33.6 Å². The first kappa shape index (κ1) is 17.6. The molecule has 1 saturated heterocycles. The summed E-state index contributed by atoms with van der Waals surface area (Å²) in [6.07, 6.45) is 0. The van der Waals surface area contributed by atoms with Crippen molar-refractivity contribution in [3.63, 3.8) is 0 Å². The SMILES string of the molecule is CC1CN(Cc2ccc(-c3noc(-c4cccc(C#N)c4)n3)c3ccccc23)C1. The van der Waals surface area contributed by atoms with E-state index < -0.39 is 0 Å². The van der Waals surface area contributed by atoms with Gasteiger partial charge in [-0.05, 0) is 40.5 Å². The van der Waals surface area contributed by atoms with Crippen molar-refractivity contribution >= 4 is 10.8 Å². The minimum absolute atomic E-state index is 0.417. The van der Waals surface area contributed by atoms with E-state index in [1.165, 1.54) is 10.9 Å². The molecule has 1 fully saturated rings. The van der Waals surface area contributed by atoms with E-state index in [0.29, 0.717) is 17.3 Å². The van der Waals surface area contributed by atoms with Gasteiger partial charge < -0.3 is 4.52 Å². The van der Waals surface area contributed by atoms with Gasteiger partial charge in [0.25, 0.3) is 5.89 Å². The maximum absolute atomic E-state index is 9.12. The van der Waals surface area contributed by atoms with Crippen LogP contribution >= 0.6 is 0 Å². The monoisotopic (exact) mass is 380 g/mol. The topological polar surface area (TPSA) is 66.0 Å². The van der Waals surface area contributed by atoms with Gasteiger partial charge in [-0.2, -0.15) is 10.2 Å². The van der Waals surface area contributed by atoms with Crippen LogP contribution in [0.15, 0.2) is 65.2 Å². The summed E-state index contributed by atoms with van der Waals surface area (Å²) in [4.78, 5) is 7.08. The van der Waals surface area contributed by atoms with Crippen molar-refractivity contribution in [1.29, 1.82) is 5.26 Å². The van der Waals surface area contributed by atoms with E-state index >= 15 is 0 Å². The number of hydrogen-bond acceptors (Lipinski definition) is 5. The molecule has 0 unspecified atom stereocenters. The summed E-state index contributed by atoms with van der Waals surface area (Å²) in [6.45, 7) is 5.57. The molecule has 1 aliphatic rings. The maximum atomic E-state index is 9.12. The Morgan fingerprint density at radius 1 is 1.07 bits per heavy atom. The number of hydrogen-bond donors (Lipinski definition) is 0. The van der Waals surface area contributed by atoms with E-state index in [1.54, 1.807) is 12.1 Å². The Labute approximate surface area is 169 Å². The molecule has 3 aromatic carbocycles. The van der Waals surface area contributed by atoms with Crippen molar-refractivity contribution in [3.05, 3.63) is 71.8 Å². The Morgan fingerprint density at radius 3 is 2.69 bits per heavy atom. The molecule has 0 radical (unpaired) electrons. The highest BCUT2D eigenvalue weighted by Gasteiger charge is 2.23. The van der Waals surface area contributed by atoms with Crippen molar-refractivity contribution < 1.29 is 4.52 Å². The fraction of sp³-hybridized carbons (Fsp3) is 0.208. The second kappa shape index (κ2) is 7.16. The van der Waals surface area contributed by atoms with E-state index in [0.717, 1.165) is 42.1 Å². The summed E-state index contributed by atoms with van der Waals surface area (Å²) in [5.41, 5.74) is 3.59. The first-order chi connectivity index (χ1) is 14.2. The number of rotatable bonds is 4. The first-order valence-corrected chi connectivity index (χ1v) is 9.79. The van der Waals surface area contributed by atoms with Gasteiger partial charge in [-0.3, -0.25) is 4.90 Å². The highest BCUT2D eigenvalue weighted by atomic mass is 16.5. The molecule has 0 aliphatic carbocycles. The van der Waals surface area contributed by atoms with Gasteiger partial charge in [0.1, 0.15) is 0 Å². The standard InChI is InChI=1S/C24H20N4O/c1-16-13-28(14-16)15-19-9-10-22(21-8-3-2-7-20(19)21)23-26-24(29-27-23)18-6-4-5-17(11-18)12-25/h2-11,16H,13-15H2,1H3. The molecule has 0 amide bonds. The number of aromatic nitrogens is 2. The van der Waals surface area contributed by atoms with Crippen LogP contribution in [0.1, 0.15) is 18.1 Å². The van der Waals surface area contributed by atoms with Gasteiger partial charge in [0.2, 0.25) is 5.82 Å². The average Bonchev–Trinajstić information content (AvgIpc) is 3.23. The smallest absolute Gasteiger partial charge is 0.258 e. The molecule has 5 heteroatoms. The Bertz CT molecular complexity index is 1230. The Hall–Kier alpha value is -3.49. The number of likely N-dealkylation sites (tertiary alicyclic amines) is 1. The van der Waals surface area contributed by atoms with E-state index in [9.17, 15) is 0 Å². The van der Waals surface area contributed by atoms with Gasteiger partial charge in [0, 0.05) is 30.8 Å². The summed E-state index contributed by atoms with van der Waals surface area (Å²) in [7, 11) is 0. The van der Waals surface area contributed by atoms with Crippen molar-refractivity contribution in [3.8, 4) is 28.9 Å². The second-order valence-corrected chi connectivity index (χ2v) is 7.73. The quantitative estimate of drug-likeness (QED) is 0.505. The Balaban J connectivity index is 1.53. The molecule has 1 aromatic heterocycles. The average molecular weight is 380 g/mol. The third-order valence-corrected chi connectivity index (χ3v) is 5.45. The molecule has 0 saturated carbocycles. The van der Waals surface area contributed by atoms with E-state index in [1.807, 2.05) is 18.2 Å². The van der Waals surface area contributed by atoms with Crippen molar-refractivity contribution in [1.82, 2.24) is 15.0 Å². The molecular formula is C24H20N4O. The van der Waals surface area contributed by atoms with Crippen LogP contribution in [0.5, 0.6) is 0 Å². The molecule has 5 rings (SSSR count). The van der Waals surface area contributed by atoms with E-state index in [2.05, 4.69) is 58.4 Å². The van der Waals surface area contributed by atoms with Crippen LogP contribution in [0.3, 0.4) is 0 Å². The predicted molar refractivity (Wildman–Crippen MR) is 112 cm³/mol. The van der Waals surface area contributed by atoms with Crippen LogP contribution in [-0.4, -0.2) is 28.1 Å². The molecule has 2 heterocycles. The van der Waals surface area contributed by atoms with Crippen molar-refractivity contribution in [2.45, 2.75) is 13.5 Å². The van der Waals surface area contributed by atoms with Gasteiger partial charge >= 0.3 is 0 Å². The highest BCUT2D eigenvalue weighted by molar-refractivity contribution is 5.97. The maximum Gasteiger partial charge on any atom is 0.258 e. The molecule has 4 aromatic rings. The highest BCUT2D eigenvalue weighted by Crippen LogP contribution is 2.32. The number of nitriles is 1. The molecule has 142 valence electrons. The van der Waals surface area contributed by atoms with E-state index in [4.69, 9.17) is 9.78 Å². The summed E-state index contributed by atoms with van der Waals surface area (Å²) in [5, 5.41) is 15.7. The van der Waals surface area contributed by atoms with Crippen LogP contribution in [0.2, 0.25) is 0 Å². The van der Waals surface area contributed by atoms with Gasteiger partial charge in [0.15, 0.2) is 0 Å². The van der Waals surface area contributed by atoms with Crippen LogP contribution in [0, 0.1) is 17.2 Å². The first-order valence-electron chi connectivity index (χ1n) is 9.79. The lowest BCUT2D eigenvalue weighted by Crippen LogP contribution is -2.44. The van der Waals surface area contributed by atoms with Crippen molar-refractivity contribution in [2.75, 3.05) is 13.1 Å². The summed E-state index contributed by atoms with van der Waals surface area (Å²) < 4.78 is 5.51. The van der Waals surface area contributed by atoms with Crippen LogP contribution < -0.4 is 0 Å². The van der Waals surface area contributed by atoms with E-state index in [-0.39, 0.29) is 0 Å². The molecule has 0 atom stereocenters. The lowest BCUT2D eigenvalue weighted by atomic mass is 9.96. The molecule has 0 N–H and O–H groups in total. The summed E-state index contributed by atoms with van der Waals surface area (Å²) in [5.74, 6) is 1.76. The Kier molecular flexibility index (Phi) is 4.34. The van der Waals surface area contributed by atoms with Crippen LogP contribution in [0.4, 0.5) is 0 Å². The number of nitrogens with zero attached hydrogens (tertiary/aromatic N) is 4. The number of benzene rings is 3. The fourth-order valence-corrected chi connectivity index (χ4v) is 4.06. The molecule has 0 bridgehead atoms. The minimum atomic E-state index is 0.417. The Morgan fingerprint density at radius 2 is 1.90 bits per heavy atom. The molecular weight excluding hydrogens is 360 g/mol. The number of fused-ring (bicyclic) bond motifs is 1. The largest absolute Gasteiger partial charge is 0.334 e. The summed E-state index contributed by atoms with van der Waals surface area (Å²) in [6, 6.07) is 22.0. The van der Waals surface area contributed by atoms with Gasteiger partial charge in [-0.1, -0.05) is 54.5 Å². The molecule has 5 nitrogen and oxygen atoms in total. The van der Waals surface area contributed by atoms with Crippen molar-refractivity contribution in [2.24, 2.45) is 5.92 Å². The fourth-order valence-electron chi connectivity index (χ4n) is 4.06. The second-order valence-electron chi connectivity index (χ2n) is 7.73. The normalized spacial score (nSPS) is 14.6. The van der Waals surface area contributed by atoms with Gasteiger partial charge in [0.05, 0.1) is 11.6 Å². The summed E-state index contributed by atoms with van der Waals surface area (Å²) >= 11 is 0. The van der Waals surface area contributed by atoms with Gasteiger partial charge in [-0.25, -0.2) is 0 Å². The van der Waals surface area contributed by atoms with Gasteiger partial charge in [-0.15, -0.1) is 0 Å². The molecule has 0 spiro atoms. The third-order valence-electron chi connectivity index (χ3n) is 5.45. The molecule has 29 heavy (non-hydrogen) atoms. The third kappa shape index (κ3) is 3.28. The zero-order chi connectivity index (χ0) is 19.8. The minimum Gasteiger partial charge on any atom is -0.334 e. The zero-order valence-electron chi connectivity index (χ0n) is 16.2. The lowest BCUT2D eigenvalue weighted by Gasteiger charge is -2.37. The van der Waals surface area contributed by atoms with Crippen LogP contribution in [-0.2, 0) is 6.54 Å². The zero-order valence-corrected chi connectivity index (χ0v) is 16.2. The predicted octanol–water partition coefficient (Wildman–Crippen LogP) is 4.88. The lowest BCUT2D eigenvalue weighted by molar-refractivity contribution is 0.105.